The highest BCUT2D eigenvalue weighted by atomic mass is 35.5. The summed E-state index contributed by atoms with van der Waals surface area (Å²) in [6.07, 6.45) is 0. The van der Waals surface area contributed by atoms with Gasteiger partial charge in [0.15, 0.2) is 10.3 Å². The lowest BCUT2D eigenvalue weighted by molar-refractivity contribution is 0.102. The molecule has 0 spiro atoms. The van der Waals surface area contributed by atoms with Crippen molar-refractivity contribution in [1.82, 2.24) is 9.97 Å². The molecule has 0 saturated carbocycles. The Morgan fingerprint density at radius 1 is 1.04 bits per heavy atom. The fourth-order valence-electron chi connectivity index (χ4n) is 1.83. The van der Waals surface area contributed by atoms with Gasteiger partial charge < -0.3 is 5.32 Å². The maximum atomic E-state index is 12.1. The molecule has 0 aliphatic heterocycles. The van der Waals surface area contributed by atoms with Crippen LogP contribution in [-0.2, 0) is 0 Å². The second kappa shape index (κ2) is 7.60. The Hall–Kier alpha value is -2.49. The number of aromatic nitrogens is 2. The Morgan fingerprint density at radius 2 is 1.80 bits per heavy atom. The van der Waals surface area contributed by atoms with Crippen molar-refractivity contribution in [2.45, 2.75) is 6.92 Å². The van der Waals surface area contributed by atoms with E-state index >= 15 is 0 Å². The minimum atomic E-state index is -0.473. The molecular formula is C15H12ClN5O2S2. The van der Waals surface area contributed by atoms with Crippen LogP contribution in [0.5, 0.6) is 0 Å². The Labute approximate surface area is 156 Å². The van der Waals surface area contributed by atoms with E-state index in [-0.39, 0.29) is 11.6 Å². The molecule has 7 nitrogen and oxygen atoms in total. The Kier molecular flexibility index (Phi) is 5.27. The lowest BCUT2D eigenvalue weighted by Gasteiger charge is -2.05. The van der Waals surface area contributed by atoms with E-state index in [1.807, 2.05) is 12.3 Å². The number of nitrogens with one attached hydrogen (secondary N) is 3. The zero-order valence-electron chi connectivity index (χ0n) is 12.9. The molecule has 10 heteroatoms. The third-order valence-corrected chi connectivity index (χ3v) is 4.75. The molecule has 2 aromatic heterocycles. The number of hydrogen-bond donors (Lipinski definition) is 3. The fourth-order valence-corrected chi connectivity index (χ4v) is 3.39. The standard InChI is InChI=1S/C15H12ClN5O2S2/c1-8-6-24-14(17-8)20-12(22)11-7-25-15(19-11)21-13(23)18-10-4-2-3-9(16)5-10/h2-7H,1H3,(H,17,20,22)(H2,18,19,21,23). The van der Waals surface area contributed by atoms with Crippen LogP contribution in [0.4, 0.5) is 20.7 Å². The summed E-state index contributed by atoms with van der Waals surface area (Å²) < 4.78 is 0. The highest BCUT2D eigenvalue weighted by Crippen LogP contribution is 2.20. The summed E-state index contributed by atoms with van der Waals surface area (Å²) in [5, 5.41) is 12.6. The van der Waals surface area contributed by atoms with Gasteiger partial charge in [-0.25, -0.2) is 14.8 Å². The molecule has 3 N–H and O–H groups in total. The molecule has 2 heterocycles. The molecule has 128 valence electrons. The van der Waals surface area contributed by atoms with Gasteiger partial charge in [0.05, 0.1) is 5.69 Å². The number of amides is 3. The lowest BCUT2D eigenvalue weighted by Crippen LogP contribution is -2.19. The van der Waals surface area contributed by atoms with Crippen LogP contribution in [0.1, 0.15) is 16.2 Å². The predicted molar refractivity (Wildman–Crippen MR) is 101 cm³/mol. The fraction of sp³-hybridized carbons (Fsp3) is 0.0667. The van der Waals surface area contributed by atoms with E-state index in [0.717, 1.165) is 17.0 Å². The SMILES string of the molecule is Cc1csc(NC(=O)c2csc(NC(=O)Nc3cccc(Cl)c3)n2)n1. The van der Waals surface area contributed by atoms with Crippen LogP contribution in [-0.4, -0.2) is 21.9 Å². The Morgan fingerprint density at radius 3 is 2.52 bits per heavy atom. The maximum Gasteiger partial charge on any atom is 0.325 e. The summed E-state index contributed by atoms with van der Waals surface area (Å²) in [7, 11) is 0. The van der Waals surface area contributed by atoms with Gasteiger partial charge in [-0.15, -0.1) is 22.7 Å². The summed E-state index contributed by atoms with van der Waals surface area (Å²) in [6.45, 7) is 1.84. The van der Waals surface area contributed by atoms with E-state index in [2.05, 4.69) is 25.9 Å². The van der Waals surface area contributed by atoms with Crippen LogP contribution in [0.15, 0.2) is 35.0 Å². The molecule has 0 unspecified atom stereocenters. The van der Waals surface area contributed by atoms with Gasteiger partial charge in [-0.05, 0) is 25.1 Å². The van der Waals surface area contributed by atoms with Crippen LogP contribution in [0, 0.1) is 6.92 Å². The largest absolute Gasteiger partial charge is 0.325 e. The zero-order valence-corrected chi connectivity index (χ0v) is 15.3. The number of anilines is 3. The zero-order chi connectivity index (χ0) is 17.8. The minimum Gasteiger partial charge on any atom is -0.308 e. The van der Waals surface area contributed by atoms with Crippen molar-refractivity contribution in [3.63, 3.8) is 0 Å². The number of rotatable bonds is 4. The molecule has 0 fully saturated rings. The van der Waals surface area contributed by atoms with E-state index in [1.54, 1.807) is 29.6 Å². The van der Waals surface area contributed by atoms with Crippen LogP contribution in [0.2, 0.25) is 5.02 Å². The molecule has 0 radical (unpaired) electrons. The van der Waals surface area contributed by atoms with E-state index in [1.165, 1.54) is 11.3 Å². The van der Waals surface area contributed by atoms with Crippen LogP contribution in [0.3, 0.4) is 0 Å². The number of urea groups is 1. The molecule has 0 aliphatic rings. The number of aryl methyl sites for hydroxylation is 1. The van der Waals surface area contributed by atoms with Crippen molar-refractivity contribution in [2.24, 2.45) is 0 Å². The number of nitrogens with zero attached hydrogens (tertiary/aromatic N) is 2. The number of carbonyl (C=O) groups is 2. The summed E-state index contributed by atoms with van der Waals surface area (Å²) in [5.41, 5.74) is 1.59. The van der Waals surface area contributed by atoms with Gasteiger partial charge in [-0.3, -0.25) is 15.4 Å². The highest BCUT2D eigenvalue weighted by Gasteiger charge is 2.14. The molecule has 0 bridgehead atoms. The monoisotopic (exact) mass is 393 g/mol. The van der Waals surface area contributed by atoms with Gasteiger partial charge >= 0.3 is 6.03 Å². The maximum absolute atomic E-state index is 12.1. The topological polar surface area (TPSA) is 96.0 Å². The number of carbonyl (C=O) groups excluding carboxylic acids is 2. The Bertz CT molecular complexity index is 924. The number of halogens is 1. The molecule has 1 aromatic carbocycles. The van der Waals surface area contributed by atoms with Gasteiger partial charge in [0.2, 0.25) is 0 Å². The number of thiazole rings is 2. The number of hydrogen-bond acceptors (Lipinski definition) is 6. The first-order valence-corrected chi connectivity index (χ1v) is 9.16. The first-order valence-electron chi connectivity index (χ1n) is 7.02. The number of benzene rings is 1. The van der Waals surface area contributed by atoms with Crippen molar-refractivity contribution in [1.29, 1.82) is 0 Å². The molecule has 0 saturated heterocycles. The smallest absolute Gasteiger partial charge is 0.308 e. The van der Waals surface area contributed by atoms with Crippen molar-refractivity contribution >= 4 is 62.2 Å². The van der Waals surface area contributed by atoms with E-state index in [9.17, 15) is 9.59 Å². The van der Waals surface area contributed by atoms with Gasteiger partial charge in [-0.2, -0.15) is 0 Å². The van der Waals surface area contributed by atoms with Crippen LogP contribution in [0.25, 0.3) is 0 Å². The summed E-state index contributed by atoms with van der Waals surface area (Å²) in [6, 6.07) is 6.30. The molecule has 0 aliphatic carbocycles. The average Bonchev–Trinajstić information content (AvgIpc) is 3.16. The van der Waals surface area contributed by atoms with Crippen LogP contribution >= 0.6 is 34.3 Å². The molecule has 3 rings (SSSR count). The molecule has 0 atom stereocenters. The van der Waals surface area contributed by atoms with E-state index in [4.69, 9.17) is 11.6 Å². The summed E-state index contributed by atoms with van der Waals surface area (Å²) in [5.74, 6) is -0.381. The molecule has 3 aromatic rings. The molecular weight excluding hydrogens is 382 g/mol. The van der Waals surface area contributed by atoms with Crippen molar-refractivity contribution in [2.75, 3.05) is 16.0 Å². The second-order valence-electron chi connectivity index (χ2n) is 4.88. The first-order chi connectivity index (χ1) is 12.0. The summed E-state index contributed by atoms with van der Waals surface area (Å²) in [4.78, 5) is 32.3. The van der Waals surface area contributed by atoms with E-state index in [0.29, 0.717) is 21.0 Å². The third-order valence-electron chi connectivity index (χ3n) is 2.88. The quantitative estimate of drug-likeness (QED) is 0.609. The van der Waals surface area contributed by atoms with Gasteiger partial charge in [-0.1, -0.05) is 17.7 Å². The van der Waals surface area contributed by atoms with Crippen LogP contribution < -0.4 is 16.0 Å². The minimum absolute atomic E-state index is 0.205. The predicted octanol–water partition coefficient (Wildman–Crippen LogP) is 4.46. The second-order valence-corrected chi connectivity index (χ2v) is 7.03. The third kappa shape index (κ3) is 4.75. The van der Waals surface area contributed by atoms with Gasteiger partial charge in [0.1, 0.15) is 5.69 Å². The highest BCUT2D eigenvalue weighted by molar-refractivity contribution is 7.14. The summed E-state index contributed by atoms with van der Waals surface area (Å²) >= 11 is 8.35. The van der Waals surface area contributed by atoms with Crippen molar-refractivity contribution in [3.8, 4) is 0 Å². The Balaban J connectivity index is 1.59. The van der Waals surface area contributed by atoms with Crippen molar-refractivity contribution < 1.29 is 9.59 Å². The normalized spacial score (nSPS) is 10.3. The molecule has 3 amide bonds. The van der Waals surface area contributed by atoms with E-state index < -0.39 is 6.03 Å². The van der Waals surface area contributed by atoms with Gasteiger partial charge in [0.25, 0.3) is 5.91 Å². The first kappa shape index (κ1) is 17.3. The molecule has 25 heavy (non-hydrogen) atoms. The lowest BCUT2D eigenvalue weighted by atomic mass is 10.3. The average molecular weight is 394 g/mol. The van der Waals surface area contributed by atoms with Crippen molar-refractivity contribution in [3.05, 3.63) is 51.4 Å². The van der Waals surface area contributed by atoms with Gasteiger partial charge in [0, 0.05) is 21.5 Å².